The van der Waals surface area contributed by atoms with Gasteiger partial charge < -0.3 is 10.1 Å². The minimum Gasteiger partial charge on any atom is -0.494 e. The fourth-order valence-electron chi connectivity index (χ4n) is 1.84. The Hall–Kier alpha value is -1.03. The maximum atomic E-state index is 5.92. The number of halogens is 1. The zero-order chi connectivity index (χ0) is 13.7. The van der Waals surface area contributed by atoms with Crippen LogP contribution in [-0.2, 0) is 6.54 Å². The molecule has 1 heterocycles. The van der Waals surface area contributed by atoms with Crippen LogP contribution in [0.1, 0.15) is 30.3 Å². The van der Waals surface area contributed by atoms with Crippen molar-refractivity contribution in [3.8, 4) is 5.75 Å². The van der Waals surface area contributed by atoms with Gasteiger partial charge in [-0.2, -0.15) is 0 Å². The van der Waals surface area contributed by atoms with E-state index in [0.717, 1.165) is 16.6 Å². The van der Waals surface area contributed by atoms with Gasteiger partial charge in [0.25, 0.3) is 0 Å². The van der Waals surface area contributed by atoms with E-state index in [2.05, 4.69) is 30.4 Å². The van der Waals surface area contributed by atoms with Crippen molar-refractivity contribution in [2.24, 2.45) is 0 Å². The molecule has 0 aliphatic heterocycles. The summed E-state index contributed by atoms with van der Waals surface area (Å²) >= 11 is 7.53. The summed E-state index contributed by atoms with van der Waals surface area (Å²) in [6, 6.07) is 12.5. The summed E-state index contributed by atoms with van der Waals surface area (Å²) in [5, 5.41) is 3.49. The summed E-state index contributed by atoms with van der Waals surface area (Å²) in [7, 11) is 0. The van der Waals surface area contributed by atoms with Crippen LogP contribution in [0.25, 0.3) is 0 Å². The van der Waals surface area contributed by atoms with Gasteiger partial charge in [0, 0.05) is 17.5 Å². The highest BCUT2D eigenvalue weighted by molar-refractivity contribution is 7.16. The van der Waals surface area contributed by atoms with Gasteiger partial charge in [0.05, 0.1) is 10.9 Å². The smallest absolute Gasteiger partial charge is 0.119 e. The predicted molar refractivity (Wildman–Crippen MR) is 82.2 cm³/mol. The number of hydrogen-bond donors (Lipinski definition) is 1. The van der Waals surface area contributed by atoms with Crippen molar-refractivity contribution < 1.29 is 4.74 Å². The SMILES string of the molecule is CCOc1ccc(C(C)NCc2ccc(Cl)s2)cc1. The molecular weight excluding hydrogens is 278 g/mol. The maximum Gasteiger partial charge on any atom is 0.119 e. The largest absolute Gasteiger partial charge is 0.494 e. The zero-order valence-corrected chi connectivity index (χ0v) is 12.7. The summed E-state index contributed by atoms with van der Waals surface area (Å²) in [5.74, 6) is 0.920. The molecule has 1 atom stereocenters. The molecule has 2 nitrogen and oxygen atoms in total. The van der Waals surface area contributed by atoms with Crippen LogP contribution in [-0.4, -0.2) is 6.61 Å². The minimum atomic E-state index is 0.302. The Kier molecular flexibility index (Phi) is 5.25. The van der Waals surface area contributed by atoms with E-state index in [1.165, 1.54) is 10.4 Å². The van der Waals surface area contributed by atoms with Gasteiger partial charge in [-0.1, -0.05) is 23.7 Å². The van der Waals surface area contributed by atoms with Crippen molar-refractivity contribution in [1.82, 2.24) is 5.32 Å². The third-order valence-electron chi connectivity index (χ3n) is 2.90. The van der Waals surface area contributed by atoms with Crippen molar-refractivity contribution in [3.63, 3.8) is 0 Å². The maximum absolute atomic E-state index is 5.92. The normalized spacial score (nSPS) is 12.4. The number of ether oxygens (including phenoxy) is 1. The lowest BCUT2D eigenvalue weighted by atomic mass is 10.1. The first kappa shape index (κ1) is 14.4. The Bertz CT molecular complexity index is 509. The molecule has 0 saturated carbocycles. The van der Waals surface area contributed by atoms with Gasteiger partial charge in [-0.05, 0) is 43.7 Å². The molecule has 0 bridgehead atoms. The molecule has 0 fully saturated rings. The number of hydrogen-bond acceptors (Lipinski definition) is 3. The van der Waals surface area contributed by atoms with Crippen molar-refractivity contribution >= 4 is 22.9 Å². The molecule has 0 aliphatic rings. The summed E-state index contributed by atoms with van der Waals surface area (Å²) in [6.45, 7) is 5.69. The summed E-state index contributed by atoms with van der Waals surface area (Å²) in [6.07, 6.45) is 0. The average Bonchev–Trinajstić information content (AvgIpc) is 2.83. The van der Waals surface area contributed by atoms with Crippen molar-refractivity contribution in [2.45, 2.75) is 26.4 Å². The molecule has 0 amide bonds. The number of nitrogens with one attached hydrogen (secondary N) is 1. The van der Waals surface area contributed by atoms with Crippen molar-refractivity contribution in [2.75, 3.05) is 6.61 Å². The van der Waals surface area contributed by atoms with Crippen LogP contribution in [0.4, 0.5) is 0 Å². The van der Waals surface area contributed by atoms with Gasteiger partial charge in [0.15, 0.2) is 0 Å². The van der Waals surface area contributed by atoms with Crippen LogP contribution in [0, 0.1) is 0 Å². The second-order valence-corrected chi connectivity index (χ2v) is 6.11. The lowest BCUT2D eigenvalue weighted by Crippen LogP contribution is -2.17. The molecule has 0 aliphatic carbocycles. The summed E-state index contributed by atoms with van der Waals surface area (Å²) in [5.41, 5.74) is 1.26. The molecule has 1 aromatic heterocycles. The van der Waals surface area contributed by atoms with E-state index < -0.39 is 0 Å². The van der Waals surface area contributed by atoms with Gasteiger partial charge in [0.2, 0.25) is 0 Å². The van der Waals surface area contributed by atoms with E-state index in [1.807, 2.05) is 25.1 Å². The van der Waals surface area contributed by atoms with Gasteiger partial charge in [-0.15, -0.1) is 11.3 Å². The second kappa shape index (κ2) is 6.94. The van der Waals surface area contributed by atoms with Crippen molar-refractivity contribution in [1.29, 1.82) is 0 Å². The Morgan fingerprint density at radius 2 is 1.95 bits per heavy atom. The molecule has 1 unspecified atom stereocenters. The van der Waals surface area contributed by atoms with Gasteiger partial charge in [-0.3, -0.25) is 0 Å². The molecule has 2 aromatic rings. The van der Waals surface area contributed by atoms with Crippen LogP contribution in [0.3, 0.4) is 0 Å². The van der Waals surface area contributed by atoms with E-state index in [0.29, 0.717) is 12.6 Å². The zero-order valence-electron chi connectivity index (χ0n) is 11.2. The van der Waals surface area contributed by atoms with Gasteiger partial charge >= 0.3 is 0 Å². The van der Waals surface area contributed by atoms with Crippen LogP contribution in [0.15, 0.2) is 36.4 Å². The molecule has 0 radical (unpaired) electrons. The minimum absolute atomic E-state index is 0.302. The second-order valence-electron chi connectivity index (χ2n) is 4.31. The fraction of sp³-hybridized carbons (Fsp3) is 0.333. The number of benzene rings is 1. The highest BCUT2D eigenvalue weighted by atomic mass is 35.5. The molecule has 102 valence electrons. The third-order valence-corrected chi connectivity index (χ3v) is 4.13. The average molecular weight is 296 g/mol. The Labute approximate surface area is 123 Å². The highest BCUT2D eigenvalue weighted by Crippen LogP contribution is 2.23. The first-order valence-electron chi connectivity index (χ1n) is 6.39. The molecule has 2 rings (SSSR count). The van der Waals surface area contributed by atoms with E-state index in [4.69, 9.17) is 16.3 Å². The lowest BCUT2D eigenvalue weighted by molar-refractivity contribution is 0.340. The monoisotopic (exact) mass is 295 g/mol. The van der Waals surface area contributed by atoms with Gasteiger partial charge in [0.1, 0.15) is 5.75 Å². The Morgan fingerprint density at radius 3 is 2.53 bits per heavy atom. The summed E-state index contributed by atoms with van der Waals surface area (Å²) in [4.78, 5) is 1.25. The molecule has 1 N–H and O–H groups in total. The fourth-order valence-corrected chi connectivity index (χ4v) is 2.88. The highest BCUT2D eigenvalue weighted by Gasteiger charge is 2.06. The predicted octanol–water partition coefficient (Wildman–Crippen LogP) is 4.65. The lowest BCUT2D eigenvalue weighted by Gasteiger charge is -2.14. The molecule has 0 saturated heterocycles. The van der Waals surface area contributed by atoms with Crippen LogP contribution in [0.2, 0.25) is 4.34 Å². The van der Waals surface area contributed by atoms with Crippen LogP contribution < -0.4 is 10.1 Å². The first-order chi connectivity index (χ1) is 9.19. The third kappa shape index (κ3) is 4.23. The molecule has 0 spiro atoms. The first-order valence-corrected chi connectivity index (χ1v) is 7.59. The van der Waals surface area contributed by atoms with Crippen molar-refractivity contribution in [3.05, 3.63) is 51.2 Å². The molecule has 4 heteroatoms. The van der Waals surface area contributed by atoms with E-state index in [-0.39, 0.29) is 0 Å². The summed E-state index contributed by atoms with van der Waals surface area (Å²) < 4.78 is 6.28. The van der Waals surface area contributed by atoms with Crippen LogP contribution >= 0.6 is 22.9 Å². The standard InChI is InChI=1S/C15H18ClNOS/c1-3-18-13-6-4-12(5-7-13)11(2)17-10-14-8-9-15(16)19-14/h4-9,11,17H,3,10H2,1-2H3. The van der Waals surface area contributed by atoms with E-state index in [1.54, 1.807) is 11.3 Å². The quantitative estimate of drug-likeness (QED) is 0.837. The molecule has 19 heavy (non-hydrogen) atoms. The Morgan fingerprint density at radius 1 is 1.21 bits per heavy atom. The molecule has 1 aromatic carbocycles. The van der Waals surface area contributed by atoms with Crippen LogP contribution in [0.5, 0.6) is 5.75 Å². The number of thiophene rings is 1. The Balaban J connectivity index is 1.90. The van der Waals surface area contributed by atoms with E-state index in [9.17, 15) is 0 Å². The molecular formula is C15H18ClNOS. The topological polar surface area (TPSA) is 21.3 Å². The van der Waals surface area contributed by atoms with E-state index >= 15 is 0 Å². The number of rotatable bonds is 6. The van der Waals surface area contributed by atoms with Gasteiger partial charge in [-0.25, -0.2) is 0 Å².